The molecule has 0 fully saturated rings. The summed E-state index contributed by atoms with van der Waals surface area (Å²) in [6, 6.07) is 13.0. The minimum atomic E-state index is 0.240. The Balaban J connectivity index is 1.79. The third kappa shape index (κ3) is 2.41. The minimum Gasteiger partial charge on any atom is -0.496 e. The van der Waals surface area contributed by atoms with Crippen molar-refractivity contribution in [2.45, 2.75) is 31.8 Å². The molecule has 0 radical (unpaired) electrons. The second-order valence-corrected chi connectivity index (χ2v) is 5.27. The SMILES string of the molecule is COc1ccccc1[C@H](C)NC1CCc2cccnc21. The van der Waals surface area contributed by atoms with Gasteiger partial charge in [0.25, 0.3) is 0 Å². The molecule has 1 unspecified atom stereocenters. The maximum Gasteiger partial charge on any atom is 0.123 e. The highest BCUT2D eigenvalue weighted by Crippen LogP contribution is 2.33. The highest BCUT2D eigenvalue weighted by molar-refractivity contribution is 5.36. The van der Waals surface area contributed by atoms with Gasteiger partial charge in [0.2, 0.25) is 0 Å². The van der Waals surface area contributed by atoms with E-state index in [9.17, 15) is 0 Å². The number of aryl methyl sites for hydroxylation is 1. The van der Waals surface area contributed by atoms with Gasteiger partial charge in [-0.05, 0) is 37.5 Å². The Bertz CT molecular complexity index is 597. The molecule has 3 nitrogen and oxygen atoms in total. The number of para-hydroxylation sites is 1. The minimum absolute atomic E-state index is 0.240. The van der Waals surface area contributed by atoms with Crippen LogP contribution in [0.3, 0.4) is 0 Å². The maximum absolute atomic E-state index is 5.44. The number of hydrogen-bond acceptors (Lipinski definition) is 3. The van der Waals surface area contributed by atoms with Crippen LogP contribution in [0.2, 0.25) is 0 Å². The summed E-state index contributed by atoms with van der Waals surface area (Å²) in [5.41, 5.74) is 3.77. The van der Waals surface area contributed by atoms with E-state index < -0.39 is 0 Å². The van der Waals surface area contributed by atoms with Crippen LogP contribution in [-0.4, -0.2) is 12.1 Å². The molecule has 1 heterocycles. The van der Waals surface area contributed by atoms with E-state index in [0.29, 0.717) is 6.04 Å². The van der Waals surface area contributed by atoms with Gasteiger partial charge in [0, 0.05) is 17.8 Å². The number of hydrogen-bond donors (Lipinski definition) is 1. The van der Waals surface area contributed by atoms with Crippen LogP contribution in [0, 0.1) is 0 Å². The predicted molar refractivity (Wildman–Crippen MR) is 79.8 cm³/mol. The van der Waals surface area contributed by atoms with Gasteiger partial charge in [-0.2, -0.15) is 0 Å². The van der Waals surface area contributed by atoms with Gasteiger partial charge < -0.3 is 10.1 Å². The topological polar surface area (TPSA) is 34.1 Å². The fourth-order valence-electron chi connectivity index (χ4n) is 2.99. The average Bonchev–Trinajstić information content (AvgIpc) is 2.90. The first-order valence-corrected chi connectivity index (χ1v) is 7.12. The van der Waals surface area contributed by atoms with Crippen molar-refractivity contribution in [1.29, 1.82) is 0 Å². The van der Waals surface area contributed by atoms with Gasteiger partial charge >= 0.3 is 0 Å². The van der Waals surface area contributed by atoms with Crippen molar-refractivity contribution >= 4 is 0 Å². The lowest BCUT2D eigenvalue weighted by Gasteiger charge is -2.21. The third-order valence-corrected chi connectivity index (χ3v) is 4.02. The fraction of sp³-hybridized carbons (Fsp3) is 0.353. The van der Waals surface area contributed by atoms with E-state index in [1.807, 2.05) is 24.4 Å². The molecule has 1 aliphatic carbocycles. The molecule has 104 valence electrons. The Morgan fingerprint density at radius 1 is 1.25 bits per heavy atom. The number of nitrogens with one attached hydrogen (secondary N) is 1. The molecular weight excluding hydrogens is 248 g/mol. The normalized spacial score (nSPS) is 18.6. The van der Waals surface area contributed by atoms with Crippen molar-refractivity contribution in [3.63, 3.8) is 0 Å². The Hall–Kier alpha value is -1.87. The van der Waals surface area contributed by atoms with Crippen molar-refractivity contribution < 1.29 is 4.74 Å². The summed E-state index contributed by atoms with van der Waals surface area (Å²) in [7, 11) is 1.72. The predicted octanol–water partition coefficient (Wildman–Crippen LogP) is 3.43. The first kappa shape index (κ1) is 13.1. The first-order chi connectivity index (χ1) is 9.79. The highest BCUT2D eigenvalue weighted by Gasteiger charge is 2.25. The molecule has 20 heavy (non-hydrogen) atoms. The molecule has 3 rings (SSSR count). The van der Waals surface area contributed by atoms with E-state index in [0.717, 1.165) is 18.6 Å². The number of methoxy groups -OCH3 is 1. The van der Waals surface area contributed by atoms with Gasteiger partial charge in [-0.15, -0.1) is 0 Å². The van der Waals surface area contributed by atoms with Crippen molar-refractivity contribution in [1.82, 2.24) is 10.3 Å². The lowest BCUT2D eigenvalue weighted by molar-refractivity contribution is 0.392. The summed E-state index contributed by atoms with van der Waals surface area (Å²) in [6.45, 7) is 2.18. The van der Waals surface area contributed by atoms with Crippen LogP contribution < -0.4 is 10.1 Å². The van der Waals surface area contributed by atoms with E-state index in [2.05, 4.69) is 35.4 Å². The quantitative estimate of drug-likeness (QED) is 0.922. The zero-order valence-electron chi connectivity index (χ0n) is 12.0. The van der Waals surface area contributed by atoms with Gasteiger partial charge in [0.15, 0.2) is 0 Å². The highest BCUT2D eigenvalue weighted by atomic mass is 16.5. The van der Waals surface area contributed by atoms with Crippen LogP contribution in [0.4, 0.5) is 0 Å². The number of ether oxygens (including phenoxy) is 1. The van der Waals surface area contributed by atoms with Crippen LogP contribution in [0.25, 0.3) is 0 Å². The molecule has 2 aromatic rings. The largest absolute Gasteiger partial charge is 0.496 e. The second kappa shape index (κ2) is 5.63. The molecular formula is C17H20N2O. The molecule has 0 saturated carbocycles. The lowest BCUT2D eigenvalue weighted by atomic mass is 10.1. The molecule has 0 aliphatic heterocycles. The van der Waals surface area contributed by atoms with Crippen molar-refractivity contribution in [2.75, 3.05) is 7.11 Å². The van der Waals surface area contributed by atoms with E-state index >= 15 is 0 Å². The van der Waals surface area contributed by atoms with Crippen molar-refractivity contribution in [3.05, 3.63) is 59.4 Å². The zero-order chi connectivity index (χ0) is 13.9. The summed E-state index contributed by atoms with van der Waals surface area (Å²) < 4.78 is 5.44. The number of rotatable bonds is 4. The van der Waals surface area contributed by atoms with Gasteiger partial charge in [-0.1, -0.05) is 24.3 Å². The monoisotopic (exact) mass is 268 g/mol. The van der Waals surface area contributed by atoms with Gasteiger partial charge in [-0.3, -0.25) is 4.98 Å². The number of pyridine rings is 1. The molecule has 0 saturated heterocycles. The van der Waals surface area contributed by atoms with E-state index in [4.69, 9.17) is 4.74 Å². The zero-order valence-corrected chi connectivity index (χ0v) is 12.0. The average molecular weight is 268 g/mol. The lowest BCUT2D eigenvalue weighted by Crippen LogP contribution is -2.24. The smallest absolute Gasteiger partial charge is 0.123 e. The van der Waals surface area contributed by atoms with Crippen LogP contribution in [0.15, 0.2) is 42.6 Å². The standard InChI is InChI=1S/C17H20N2O/c1-12(14-7-3-4-8-16(14)20-2)19-15-10-9-13-6-5-11-18-17(13)15/h3-8,11-12,15,19H,9-10H2,1-2H3/t12-,15?/m0/s1. The second-order valence-electron chi connectivity index (χ2n) is 5.27. The number of fused-ring (bicyclic) bond motifs is 1. The molecule has 1 aromatic carbocycles. The molecule has 2 atom stereocenters. The van der Waals surface area contributed by atoms with E-state index in [1.54, 1.807) is 7.11 Å². The Morgan fingerprint density at radius 3 is 2.95 bits per heavy atom. The molecule has 0 bridgehead atoms. The molecule has 1 aliphatic rings. The van der Waals surface area contributed by atoms with Crippen molar-refractivity contribution in [3.8, 4) is 5.75 Å². The number of nitrogens with zero attached hydrogens (tertiary/aromatic N) is 1. The Kier molecular flexibility index (Phi) is 3.70. The molecule has 1 aromatic heterocycles. The van der Waals surface area contributed by atoms with Crippen LogP contribution in [0.1, 0.15) is 42.2 Å². The summed E-state index contributed by atoms with van der Waals surface area (Å²) in [5, 5.41) is 3.68. The first-order valence-electron chi connectivity index (χ1n) is 7.12. The summed E-state index contributed by atoms with van der Waals surface area (Å²) in [4.78, 5) is 4.54. The third-order valence-electron chi connectivity index (χ3n) is 4.02. The molecule has 1 N–H and O–H groups in total. The summed E-state index contributed by atoms with van der Waals surface area (Å²) in [6.07, 6.45) is 4.11. The maximum atomic E-state index is 5.44. The van der Waals surface area contributed by atoms with Gasteiger partial charge in [0.1, 0.15) is 5.75 Å². The Morgan fingerprint density at radius 2 is 2.10 bits per heavy atom. The van der Waals surface area contributed by atoms with E-state index in [-0.39, 0.29) is 6.04 Å². The van der Waals surface area contributed by atoms with E-state index in [1.165, 1.54) is 16.8 Å². The summed E-state index contributed by atoms with van der Waals surface area (Å²) >= 11 is 0. The number of benzene rings is 1. The van der Waals surface area contributed by atoms with Crippen LogP contribution in [-0.2, 0) is 6.42 Å². The van der Waals surface area contributed by atoms with Crippen LogP contribution in [0.5, 0.6) is 5.75 Å². The van der Waals surface area contributed by atoms with Gasteiger partial charge in [-0.25, -0.2) is 0 Å². The molecule has 0 spiro atoms. The number of aromatic nitrogens is 1. The van der Waals surface area contributed by atoms with Crippen LogP contribution >= 0.6 is 0 Å². The van der Waals surface area contributed by atoms with Gasteiger partial charge in [0.05, 0.1) is 18.8 Å². The molecule has 3 heteroatoms. The Labute approximate surface area is 120 Å². The summed E-state index contributed by atoms with van der Waals surface area (Å²) in [5.74, 6) is 0.937. The van der Waals surface area contributed by atoms with Crippen molar-refractivity contribution in [2.24, 2.45) is 0 Å². The molecule has 0 amide bonds. The fourth-order valence-corrected chi connectivity index (χ4v) is 2.99.